The third-order valence-electron chi connectivity index (χ3n) is 7.84. The average Bonchev–Trinajstić information content (AvgIpc) is 3.70. The Morgan fingerprint density at radius 1 is 1.19 bits per heavy atom. The van der Waals surface area contributed by atoms with Gasteiger partial charge in [0.25, 0.3) is 5.91 Å². The third kappa shape index (κ3) is 5.59. The minimum atomic E-state index is -0.268. The number of hydrogen-bond donors (Lipinski definition) is 1. The minimum absolute atomic E-state index is 0.0368. The number of benzene rings is 1. The topological polar surface area (TPSA) is 116 Å². The normalized spacial score (nSPS) is 17.4. The molecule has 6 rings (SSSR count). The molecule has 1 atom stereocenters. The van der Waals surface area contributed by atoms with Crippen molar-refractivity contribution in [3.8, 4) is 22.9 Å². The standard InChI is InChI=1S/C31H35N7O4/c1-4-28(39)37-12-10-21(18-37)19-42-23-8-9-25-27(16-23)38-11-6-5-7-13-41-30-24(17-32-36(30)3)26-15-22(14-20(2)33-26)29(40)35-31(38)34-25/h4,8-9,14-17,21H,1,5-7,10-13,18-19H2,2-3H3,(H,34,35,40)/t21-/m1/s1. The number of ether oxygens (including phenoxy) is 2. The zero-order valence-corrected chi connectivity index (χ0v) is 24.0. The van der Waals surface area contributed by atoms with E-state index in [9.17, 15) is 9.59 Å². The van der Waals surface area contributed by atoms with E-state index in [1.54, 1.807) is 23.0 Å². The van der Waals surface area contributed by atoms with Gasteiger partial charge < -0.3 is 18.9 Å². The summed E-state index contributed by atoms with van der Waals surface area (Å²) in [4.78, 5) is 36.7. The van der Waals surface area contributed by atoms with Crippen LogP contribution in [0.25, 0.3) is 22.3 Å². The summed E-state index contributed by atoms with van der Waals surface area (Å²) in [6.07, 6.45) is 6.66. The predicted octanol–water partition coefficient (Wildman–Crippen LogP) is 4.37. The Hall–Kier alpha value is -4.67. The van der Waals surface area contributed by atoms with Gasteiger partial charge in [-0.3, -0.25) is 19.9 Å². The lowest BCUT2D eigenvalue weighted by Gasteiger charge is -2.15. The van der Waals surface area contributed by atoms with E-state index in [1.807, 2.05) is 41.6 Å². The van der Waals surface area contributed by atoms with Gasteiger partial charge in [-0.25, -0.2) is 9.67 Å². The Kier molecular flexibility index (Phi) is 7.64. The van der Waals surface area contributed by atoms with E-state index in [2.05, 4.69) is 22.0 Å². The molecule has 0 aliphatic carbocycles. The minimum Gasteiger partial charge on any atom is -0.493 e. The molecule has 1 fully saturated rings. The molecule has 0 spiro atoms. The van der Waals surface area contributed by atoms with Crippen LogP contribution in [0, 0.1) is 12.8 Å². The highest BCUT2D eigenvalue weighted by molar-refractivity contribution is 6.04. The van der Waals surface area contributed by atoms with Crippen LogP contribution in [0.1, 0.15) is 41.7 Å². The number of amides is 2. The largest absolute Gasteiger partial charge is 0.493 e. The molecule has 0 saturated carbocycles. The van der Waals surface area contributed by atoms with Gasteiger partial charge in [0, 0.05) is 49.9 Å². The molecule has 0 unspecified atom stereocenters. The van der Waals surface area contributed by atoms with Crippen LogP contribution in [-0.4, -0.2) is 67.3 Å². The molecule has 2 aliphatic heterocycles. The van der Waals surface area contributed by atoms with Crippen molar-refractivity contribution in [1.82, 2.24) is 29.2 Å². The zero-order chi connectivity index (χ0) is 29.2. The number of aromatic nitrogens is 5. The fraction of sp³-hybridized carbons (Fsp3) is 0.387. The first-order chi connectivity index (χ1) is 20.4. The number of anilines is 1. The van der Waals surface area contributed by atoms with E-state index in [0.29, 0.717) is 55.1 Å². The highest BCUT2D eigenvalue weighted by Crippen LogP contribution is 2.31. The molecule has 0 radical (unpaired) electrons. The van der Waals surface area contributed by atoms with Crippen molar-refractivity contribution in [1.29, 1.82) is 0 Å². The molecule has 11 heteroatoms. The van der Waals surface area contributed by atoms with Gasteiger partial charge in [0.2, 0.25) is 17.7 Å². The molecule has 5 heterocycles. The van der Waals surface area contributed by atoms with Gasteiger partial charge in [-0.05, 0) is 62.9 Å². The van der Waals surface area contributed by atoms with Gasteiger partial charge in [-0.2, -0.15) is 5.10 Å². The Morgan fingerprint density at radius 3 is 2.93 bits per heavy atom. The first-order valence-electron chi connectivity index (χ1n) is 14.4. The summed E-state index contributed by atoms with van der Waals surface area (Å²) in [6.45, 7) is 8.59. The second kappa shape index (κ2) is 11.7. The second-order valence-electron chi connectivity index (χ2n) is 10.9. The van der Waals surface area contributed by atoms with Crippen LogP contribution in [-0.2, 0) is 18.4 Å². The second-order valence-corrected chi connectivity index (χ2v) is 10.9. The highest BCUT2D eigenvalue weighted by Gasteiger charge is 2.25. The Morgan fingerprint density at radius 2 is 2.07 bits per heavy atom. The van der Waals surface area contributed by atoms with Crippen molar-refractivity contribution >= 4 is 28.8 Å². The molecule has 2 aliphatic rings. The summed E-state index contributed by atoms with van der Waals surface area (Å²) in [5, 5.41) is 7.41. The monoisotopic (exact) mass is 569 g/mol. The quantitative estimate of drug-likeness (QED) is 0.363. The lowest BCUT2D eigenvalue weighted by atomic mass is 10.1. The fourth-order valence-corrected chi connectivity index (χ4v) is 5.63. The van der Waals surface area contributed by atoms with E-state index < -0.39 is 0 Å². The summed E-state index contributed by atoms with van der Waals surface area (Å²) in [6, 6.07) is 9.33. The molecule has 1 N–H and O–H groups in total. The van der Waals surface area contributed by atoms with Crippen molar-refractivity contribution in [2.45, 2.75) is 39.2 Å². The van der Waals surface area contributed by atoms with Crippen LogP contribution in [0.15, 0.2) is 49.2 Å². The SMILES string of the molecule is C=CC(=O)N1CC[C@@H](COc2ccc3nc4n(c3c2)CCCCCOc2c(cnn2C)-c2cc(cc(C)n2)C(=O)N4)C1. The van der Waals surface area contributed by atoms with Crippen molar-refractivity contribution in [3.63, 3.8) is 0 Å². The third-order valence-corrected chi connectivity index (χ3v) is 7.84. The molecule has 3 aromatic heterocycles. The van der Waals surface area contributed by atoms with Gasteiger partial charge in [-0.1, -0.05) is 6.58 Å². The van der Waals surface area contributed by atoms with E-state index in [-0.39, 0.29) is 17.7 Å². The average molecular weight is 570 g/mol. The van der Waals surface area contributed by atoms with Crippen LogP contribution in [0.3, 0.4) is 0 Å². The van der Waals surface area contributed by atoms with E-state index in [0.717, 1.165) is 54.6 Å². The maximum Gasteiger partial charge on any atom is 0.258 e. The van der Waals surface area contributed by atoms with Crippen LogP contribution >= 0.6 is 0 Å². The molecule has 1 saturated heterocycles. The van der Waals surface area contributed by atoms with Crippen molar-refractivity contribution in [2.75, 3.05) is 31.6 Å². The highest BCUT2D eigenvalue weighted by atomic mass is 16.5. The fourth-order valence-electron chi connectivity index (χ4n) is 5.63. The van der Waals surface area contributed by atoms with Gasteiger partial charge in [0.15, 0.2) is 0 Å². The number of fused-ring (bicyclic) bond motifs is 7. The zero-order valence-electron chi connectivity index (χ0n) is 24.0. The Bertz CT molecular complexity index is 1660. The van der Waals surface area contributed by atoms with Crippen LogP contribution in [0.2, 0.25) is 0 Å². The number of aryl methyl sites for hydroxylation is 3. The number of imidazole rings is 1. The molecule has 1 aromatic carbocycles. The van der Waals surface area contributed by atoms with Crippen LogP contribution in [0.5, 0.6) is 11.6 Å². The number of carbonyl (C=O) groups excluding carboxylic acids is 2. The molecule has 42 heavy (non-hydrogen) atoms. The van der Waals surface area contributed by atoms with Gasteiger partial charge in [0.1, 0.15) is 5.75 Å². The number of nitrogens with zero attached hydrogens (tertiary/aromatic N) is 6. The molecule has 11 nitrogen and oxygen atoms in total. The number of rotatable bonds is 4. The van der Waals surface area contributed by atoms with Crippen molar-refractivity contribution in [2.24, 2.45) is 13.0 Å². The first-order valence-corrected chi connectivity index (χ1v) is 14.4. The molecular formula is C31H35N7O4. The molecular weight excluding hydrogens is 534 g/mol. The molecule has 2 bridgehead atoms. The number of carbonyl (C=O) groups is 2. The number of hydrogen-bond acceptors (Lipinski definition) is 7. The summed E-state index contributed by atoms with van der Waals surface area (Å²) in [7, 11) is 1.84. The number of likely N-dealkylation sites (tertiary alicyclic amines) is 1. The van der Waals surface area contributed by atoms with Gasteiger partial charge >= 0.3 is 0 Å². The van der Waals surface area contributed by atoms with E-state index in [4.69, 9.17) is 14.5 Å². The Labute approximate surface area is 244 Å². The summed E-state index contributed by atoms with van der Waals surface area (Å²) >= 11 is 0. The summed E-state index contributed by atoms with van der Waals surface area (Å²) in [5.74, 6) is 1.82. The van der Waals surface area contributed by atoms with Gasteiger partial charge in [0.05, 0.1) is 41.7 Å². The molecule has 2 amide bonds. The lowest BCUT2D eigenvalue weighted by molar-refractivity contribution is -0.125. The lowest BCUT2D eigenvalue weighted by Crippen LogP contribution is -2.27. The van der Waals surface area contributed by atoms with Crippen LogP contribution < -0.4 is 14.8 Å². The van der Waals surface area contributed by atoms with E-state index >= 15 is 0 Å². The predicted molar refractivity (Wildman–Crippen MR) is 159 cm³/mol. The summed E-state index contributed by atoms with van der Waals surface area (Å²) < 4.78 is 16.1. The van der Waals surface area contributed by atoms with Crippen molar-refractivity contribution in [3.05, 3.63) is 60.4 Å². The number of pyridine rings is 1. The van der Waals surface area contributed by atoms with Gasteiger partial charge in [-0.15, -0.1) is 0 Å². The van der Waals surface area contributed by atoms with Crippen LogP contribution in [0.4, 0.5) is 5.95 Å². The summed E-state index contributed by atoms with van der Waals surface area (Å²) in [5.41, 5.74) is 4.24. The smallest absolute Gasteiger partial charge is 0.258 e. The maximum atomic E-state index is 13.5. The van der Waals surface area contributed by atoms with Crippen molar-refractivity contribution < 1.29 is 19.1 Å². The molecule has 4 aromatic rings. The maximum absolute atomic E-state index is 13.5. The molecule has 218 valence electrons. The van der Waals surface area contributed by atoms with E-state index in [1.165, 1.54) is 6.08 Å². The Balaban J connectivity index is 1.27. The number of nitrogens with one attached hydrogen (secondary N) is 1. The first kappa shape index (κ1) is 27.5.